The van der Waals surface area contributed by atoms with Crippen molar-refractivity contribution in [2.24, 2.45) is 5.73 Å². The van der Waals surface area contributed by atoms with E-state index in [1.54, 1.807) is 7.11 Å². The van der Waals surface area contributed by atoms with E-state index in [9.17, 15) is 4.79 Å². The number of rotatable bonds is 6. The summed E-state index contributed by atoms with van der Waals surface area (Å²) in [5.41, 5.74) is 6.52. The molecule has 1 amide bonds. The van der Waals surface area contributed by atoms with Gasteiger partial charge in [0.15, 0.2) is 5.13 Å². The van der Waals surface area contributed by atoms with Crippen molar-refractivity contribution in [2.45, 2.75) is 32.2 Å². The Balaban J connectivity index is 1.97. The molecule has 1 unspecified atom stereocenters. The number of carbonyl (C=O) groups is 1. The lowest BCUT2D eigenvalue weighted by Gasteiger charge is -2.04. The minimum atomic E-state index is -0.0170. The van der Waals surface area contributed by atoms with Gasteiger partial charge in [-0.1, -0.05) is 11.3 Å². The number of aromatic nitrogens is 1. The molecule has 0 saturated carbocycles. The fourth-order valence-corrected chi connectivity index (χ4v) is 2.76. The summed E-state index contributed by atoms with van der Waals surface area (Å²) in [6, 6.07) is 5.79. The number of amides is 1. The maximum atomic E-state index is 11.8. The topological polar surface area (TPSA) is 77.2 Å². The molecule has 0 fully saturated rings. The van der Waals surface area contributed by atoms with E-state index in [1.807, 2.05) is 25.1 Å². The second-order valence-corrected chi connectivity index (χ2v) is 5.80. The molecule has 0 aliphatic carbocycles. The second-order valence-electron chi connectivity index (χ2n) is 4.77. The number of thiazole rings is 1. The van der Waals surface area contributed by atoms with Crippen LogP contribution in [0.1, 0.15) is 26.2 Å². The van der Waals surface area contributed by atoms with Crippen LogP contribution in [0.2, 0.25) is 0 Å². The van der Waals surface area contributed by atoms with Crippen LogP contribution in [0.4, 0.5) is 5.13 Å². The first-order valence-electron chi connectivity index (χ1n) is 6.58. The standard InChI is InChI=1S/C14H19N3O2S/c1-9(15)4-3-5-13(18)17-14-16-11-7-6-10(19-2)8-12(11)20-14/h6-9H,3-5,15H2,1-2H3,(H,16,17,18). The third kappa shape index (κ3) is 3.91. The Kier molecular flexibility index (Phi) is 4.92. The van der Waals surface area contributed by atoms with Gasteiger partial charge >= 0.3 is 0 Å². The number of nitrogens with zero attached hydrogens (tertiary/aromatic N) is 1. The molecule has 0 radical (unpaired) electrons. The summed E-state index contributed by atoms with van der Waals surface area (Å²) in [4.78, 5) is 16.2. The van der Waals surface area contributed by atoms with Gasteiger partial charge in [-0.2, -0.15) is 0 Å². The van der Waals surface area contributed by atoms with E-state index >= 15 is 0 Å². The summed E-state index contributed by atoms with van der Waals surface area (Å²) >= 11 is 1.45. The molecule has 0 aliphatic rings. The molecule has 108 valence electrons. The lowest BCUT2D eigenvalue weighted by Crippen LogP contribution is -2.16. The number of nitrogens with one attached hydrogen (secondary N) is 1. The second kappa shape index (κ2) is 6.67. The summed E-state index contributed by atoms with van der Waals surface area (Å²) in [6.07, 6.45) is 2.12. The highest BCUT2D eigenvalue weighted by Crippen LogP contribution is 2.29. The monoisotopic (exact) mass is 293 g/mol. The summed E-state index contributed by atoms with van der Waals surface area (Å²) in [5.74, 6) is 0.771. The van der Waals surface area contributed by atoms with Gasteiger partial charge in [-0.15, -0.1) is 0 Å². The Labute approximate surface area is 122 Å². The minimum Gasteiger partial charge on any atom is -0.497 e. The number of hydrogen-bond acceptors (Lipinski definition) is 5. The zero-order valence-corrected chi connectivity index (χ0v) is 12.5. The van der Waals surface area contributed by atoms with Crippen molar-refractivity contribution in [1.82, 2.24) is 4.98 Å². The Hall–Kier alpha value is -1.66. The van der Waals surface area contributed by atoms with Crippen LogP contribution in [0.15, 0.2) is 18.2 Å². The van der Waals surface area contributed by atoms with Gasteiger partial charge in [-0.05, 0) is 38.0 Å². The maximum absolute atomic E-state index is 11.8. The van der Waals surface area contributed by atoms with Gasteiger partial charge in [0.05, 0.1) is 17.3 Å². The molecular weight excluding hydrogens is 274 g/mol. The van der Waals surface area contributed by atoms with Crippen LogP contribution in [0.25, 0.3) is 10.2 Å². The van der Waals surface area contributed by atoms with Crippen molar-refractivity contribution in [1.29, 1.82) is 0 Å². The Morgan fingerprint density at radius 1 is 1.55 bits per heavy atom. The lowest BCUT2D eigenvalue weighted by molar-refractivity contribution is -0.116. The van der Waals surface area contributed by atoms with E-state index in [0.29, 0.717) is 11.6 Å². The van der Waals surface area contributed by atoms with E-state index in [0.717, 1.165) is 28.8 Å². The summed E-state index contributed by atoms with van der Waals surface area (Å²) in [6.45, 7) is 1.94. The van der Waals surface area contributed by atoms with Gasteiger partial charge in [0.1, 0.15) is 5.75 Å². The number of anilines is 1. The predicted molar refractivity (Wildman–Crippen MR) is 82.3 cm³/mol. The van der Waals surface area contributed by atoms with Gasteiger partial charge in [-0.3, -0.25) is 4.79 Å². The molecule has 20 heavy (non-hydrogen) atoms. The zero-order chi connectivity index (χ0) is 14.5. The maximum Gasteiger partial charge on any atom is 0.226 e. The van der Waals surface area contributed by atoms with Crippen molar-refractivity contribution < 1.29 is 9.53 Å². The largest absolute Gasteiger partial charge is 0.497 e. The molecule has 5 nitrogen and oxygen atoms in total. The highest BCUT2D eigenvalue weighted by Gasteiger charge is 2.08. The normalized spacial score (nSPS) is 12.3. The molecule has 2 aromatic rings. The first-order chi connectivity index (χ1) is 9.58. The molecule has 6 heteroatoms. The molecule has 3 N–H and O–H groups in total. The van der Waals surface area contributed by atoms with Crippen LogP contribution in [0.5, 0.6) is 5.75 Å². The minimum absolute atomic E-state index is 0.0170. The Bertz CT molecular complexity index is 595. The molecular formula is C14H19N3O2S. The third-order valence-corrected chi connectivity index (χ3v) is 3.84. The van der Waals surface area contributed by atoms with Gasteiger partial charge in [0, 0.05) is 12.5 Å². The molecule has 0 aliphatic heterocycles. The van der Waals surface area contributed by atoms with Gasteiger partial charge in [0.2, 0.25) is 5.91 Å². The number of ether oxygens (including phenoxy) is 1. The quantitative estimate of drug-likeness (QED) is 0.858. The van der Waals surface area contributed by atoms with Crippen LogP contribution in [0.3, 0.4) is 0 Å². The Morgan fingerprint density at radius 2 is 2.35 bits per heavy atom. The Morgan fingerprint density at radius 3 is 3.05 bits per heavy atom. The zero-order valence-electron chi connectivity index (χ0n) is 11.7. The van der Waals surface area contributed by atoms with Crippen LogP contribution >= 0.6 is 11.3 Å². The molecule has 0 bridgehead atoms. The number of methoxy groups -OCH3 is 1. The van der Waals surface area contributed by atoms with E-state index in [-0.39, 0.29) is 11.9 Å². The van der Waals surface area contributed by atoms with Gasteiger partial charge < -0.3 is 15.8 Å². The first-order valence-corrected chi connectivity index (χ1v) is 7.40. The van der Waals surface area contributed by atoms with Crippen molar-refractivity contribution in [3.05, 3.63) is 18.2 Å². The molecule has 2 rings (SSSR count). The third-order valence-electron chi connectivity index (χ3n) is 2.91. The van der Waals surface area contributed by atoms with Crippen LogP contribution in [-0.2, 0) is 4.79 Å². The van der Waals surface area contributed by atoms with Crippen LogP contribution < -0.4 is 15.8 Å². The van der Waals surface area contributed by atoms with E-state index < -0.39 is 0 Å². The fourth-order valence-electron chi connectivity index (χ4n) is 1.85. The number of benzene rings is 1. The number of carbonyl (C=O) groups excluding carboxylic acids is 1. The lowest BCUT2D eigenvalue weighted by atomic mass is 10.1. The fraction of sp³-hybridized carbons (Fsp3) is 0.429. The molecule has 0 saturated heterocycles. The van der Waals surface area contributed by atoms with E-state index in [2.05, 4.69) is 10.3 Å². The smallest absolute Gasteiger partial charge is 0.226 e. The SMILES string of the molecule is COc1ccc2nc(NC(=O)CCCC(C)N)sc2c1. The summed E-state index contributed by atoms with van der Waals surface area (Å²) in [7, 11) is 1.63. The van der Waals surface area contributed by atoms with E-state index in [4.69, 9.17) is 10.5 Å². The summed E-state index contributed by atoms with van der Waals surface area (Å²) in [5, 5.41) is 3.45. The van der Waals surface area contributed by atoms with Crippen molar-refractivity contribution in [2.75, 3.05) is 12.4 Å². The number of nitrogens with two attached hydrogens (primary N) is 1. The molecule has 0 spiro atoms. The van der Waals surface area contributed by atoms with Gasteiger partial charge in [0.25, 0.3) is 0 Å². The molecule has 1 aromatic carbocycles. The average Bonchev–Trinajstić information content (AvgIpc) is 2.78. The van der Waals surface area contributed by atoms with Crippen molar-refractivity contribution >= 4 is 32.6 Å². The molecule has 1 heterocycles. The molecule has 1 aromatic heterocycles. The van der Waals surface area contributed by atoms with Crippen molar-refractivity contribution in [3.8, 4) is 5.75 Å². The van der Waals surface area contributed by atoms with Crippen molar-refractivity contribution in [3.63, 3.8) is 0 Å². The summed E-state index contributed by atoms with van der Waals surface area (Å²) < 4.78 is 6.16. The van der Waals surface area contributed by atoms with E-state index in [1.165, 1.54) is 11.3 Å². The number of hydrogen-bond donors (Lipinski definition) is 2. The van der Waals surface area contributed by atoms with Crippen LogP contribution in [0, 0.1) is 0 Å². The number of fused-ring (bicyclic) bond motifs is 1. The van der Waals surface area contributed by atoms with Crippen LogP contribution in [-0.4, -0.2) is 24.0 Å². The predicted octanol–water partition coefficient (Wildman–Crippen LogP) is 2.76. The highest BCUT2D eigenvalue weighted by molar-refractivity contribution is 7.22. The average molecular weight is 293 g/mol. The highest BCUT2D eigenvalue weighted by atomic mass is 32.1. The molecule has 1 atom stereocenters. The van der Waals surface area contributed by atoms with Gasteiger partial charge in [-0.25, -0.2) is 4.98 Å². The first kappa shape index (κ1) is 14.7.